The molecule has 0 saturated heterocycles. The third-order valence-electron chi connectivity index (χ3n) is 4.12. The van der Waals surface area contributed by atoms with E-state index in [4.69, 9.17) is 18.9 Å². The van der Waals surface area contributed by atoms with E-state index in [9.17, 15) is 0 Å². The summed E-state index contributed by atoms with van der Waals surface area (Å²) in [6, 6.07) is 11.4. The molecule has 4 rings (SSSR count). The Kier molecular flexibility index (Phi) is 5.29. The van der Waals surface area contributed by atoms with Gasteiger partial charge in [0.25, 0.3) is 0 Å². The van der Waals surface area contributed by atoms with E-state index in [2.05, 4.69) is 15.5 Å². The number of methoxy groups -OCH3 is 2. The van der Waals surface area contributed by atoms with E-state index in [1.54, 1.807) is 20.4 Å². The highest BCUT2D eigenvalue weighted by Crippen LogP contribution is 2.35. The zero-order valence-corrected chi connectivity index (χ0v) is 16.3. The predicted octanol–water partition coefficient (Wildman–Crippen LogP) is 4.04. The van der Waals surface area contributed by atoms with Crippen LogP contribution in [0.3, 0.4) is 0 Å². The van der Waals surface area contributed by atoms with Crippen LogP contribution in [0, 0.1) is 0 Å². The van der Waals surface area contributed by atoms with Gasteiger partial charge in [-0.2, -0.15) is 5.10 Å². The molecule has 1 aliphatic rings. The van der Waals surface area contributed by atoms with Crippen molar-refractivity contribution in [3.63, 3.8) is 0 Å². The molecule has 1 N–H and O–H groups in total. The van der Waals surface area contributed by atoms with Crippen LogP contribution in [0.5, 0.6) is 23.0 Å². The van der Waals surface area contributed by atoms with E-state index < -0.39 is 0 Å². The number of fused-ring (bicyclic) bond motifs is 1. The van der Waals surface area contributed by atoms with Crippen molar-refractivity contribution in [1.29, 1.82) is 0 Å². The Labute approximate surface area is 166 Å². The Morgan fingerprint density at radius 3 is 2.68 bits per heavy atom. The SMILES string of the molecule is COc1ccc(/C=N/Nc2nc(-c3ccc4c(c3)OCCO4)cs2)cc1OC. The summed E-state index contributed by atoms with van der Waals surface area (Å²) in [5.41, 5.74) is 5.67. The lowest BCUT2D eigenvalue weighted by molar-refractivity contribution is 0.171. The lowest BCUT2D eigenvalue weighted by Gasteiger charge is -2.18. The highest BCUT2D eigenvalue weighted by Gasteiger charge is 2.13. The smallest absolute Gasteiger partial charge is 0.203 e. The summed E-state index contributed by atoms with van der Waals surface area (Å²) in [6.45, 7) is 1.14. The molecule has 3 aromatic rings. The van der Waals surface area contributed by atoms with Gasteiger partial charge in [0, 0.05) is 10.9 Å². The molecule has 2 heterocycles. The van der Waals surface area contributed by atoms with E-state index in [1.165, 1.54) is 11.3 Å². The van der Waals surface area contributed by atoms with Crippen LogP contribution in [-0.4, -0.2) is 38.6 Å². The van der Waals surface area contributed by atoms with Crippen LogP contribution in [0.1, 0.15) is 5.56 Å². The fourth-order valence-electron chi connectivity index (χ4n) is 2.76. The number of benzene rings is 2. The van der Waals surface area contributed by atoms with E-state index in [-0.39, 0.29) is 0 Å². The Morgan fingerprint density at radius 2 is 1.86 bits per heavy atom. The molecule has 0 aliphatic carbocycles. The molecular formula is C20H19N3O4S. The Morgan fingerprint density at radius 1 is 1.04 bits per heavy atom. The monoisotopic (exact) mass is 397 g/mol. The van der Waals surface area contributed by atoms with Crippen LogP contribution in [0.4, 0.5) is 5.13 Å². The highest BCUT2D eigenvalue weighted by atomic mass is 32.1. The number of aromatic nitrogens is 1. The molecule has 0 bridgehead atoms. The van der Waals surface area contributed by atoms with E-state index in [0.29, 0.717) is 29.8 Å². The first-order valence-corrected chi connectivity index (χ1v) is 9.51. The number of hydrogen-bond donors (Lipinski definition) is 1. The quantitative estimate of drug-likeness (QED) is 0.500. The molecule has 7 nitrogen and oxygen atoms in total. The molecule has 0 radical (unpaired) electrons. The summed E-state index contributed by atoms with van der Waals surface area (Å²) in [7, 11) is 3.21. The molecule has 0 spiro atoms. The summed E-state index contributed by atoms with van der Waals surface area (Å²) >= 11 is 1.48. The third-order valence-corrected chi connectivity index (χ3v) is 4.87. The minimum atomic E-state index is 0.561. The number of nitrogens with zero attached hydrogens (tertiary/aromatic N) is 2. The first-order chi connectivity index (χ1) is 13.8. The summed E-state index contributed by atoms with van der Waals surface area (Å²) in [6.07, 6.45) is 1.70. The van der Waals surface area contributed by atoms with Gasteiger partial charge in [-0.05, 0) is 42.0 Å². The normalized spacial score (nSPS) is 12.8. The van der Waals surface area contributed by atoms with Gasteiger partial charge in [0.15, 0.2) is 23.0 Å². The van der Waals surface area contributed by atoms with Crippen molar-refractivity contribution >= 4 is 22.7 Å². The van der Waals surface area contributed by atoms with Crippen LogP contribution < -0.4 is 24.4 Å². The zero-order chi connectivity index (χ0) is 19.3. The van der Waals surface area contributed by atoms with E-state index in [1.807, 2.05) is 41.8 Å². The number of thiazole rings is 1. The molecule has 144 valence electrons. The van der Waals surface area contributed by atoms with Gasteiger partial charge in [0.1, 0.15) is 13.2 Å². The first kappa shape index (κ1) is 18.1. The topological polar surface area (TPSA) is 74.2 Å². The van der Waals surface area contributed by atoms with Crippen LogP contribution in [0.25, 0.3) is 11.3 Å². The second-order valence-corrected chi connectivity index (χ2v) is 6.74. The predicted molar refractivity (Wildman–Crippen MR) is 109 cm³/mol. The van der Waals surface area contributed by atoms with Crippen molar-refractivity contribution < 1.29 is 18.9 Å². The molecular weight excluding hydrogens is 378 g/mol. The Hall–Kier alpha value is -3.26. The molecule has 1 aliphatic heterocycles. The van der Waals surface area contributed by atoms with Crippen molar-refractivity contribution in [3.05, 3.63) is 47.3 Å². The highest BCUT2D eigenvalue weighted by molar-refractivity contribution is 7.14. The maximum absolute atomic E-state index is 5.63. The summed E-state index contributed by atoms with van der Waals surface area (Å²) in [5.74, 6) is 2.85. The standard InChI is InChI=1S/C20H19N3O4S/c1-24-16-5-3-13(9-18(16)25-2)11-21-23-20-22-15(12-28-20)14-4-6-17-19(10-14)27-8-7-26-17/h3-6,9-12H,7-8H2,1-2H3,(H,22,23)/b21-11+. The molecule has 8 heteroatoms. The van der Waals surface area contributed by atoms with Gasteiger partial charge in [-0.15, -0.1) is 11.3 Å². The van der Waals surface area contributed by atoms with Crippen molar-refractivity contribution in [3.8, 4) is 34.3 Å². The molecule has 0 amide bonds. The molecule has 2 aromatic carbocycles. The van der Waals surface area contributed by atoms with E-state index in [0.717, 1.165) is 28.3 Å². The summed E-state index contributed by atoms with van der Waals surface area (Å²) in [4.78, 5) is 4.57. The van der Waals surface area contributed by atoms with Crippen molar-refractivity contribution in [1.82, 2.24) is 4.98 Å². The second kappa shape index (κ2) is 8.18. The fraction of sp³-hybridized carbons (Fsp3) is 0.200. The number of hydrazone groups is 1. The van der Waals surface area contributed by atoms with Gasteiger partial charge in [-0.1, -0.05) is 0 Å². The molecule has 28 heavy (non-hydrogen) atoms. The maximum atomic E-state index is 5.63. The van der Waals surface area contributed by atoms with Crippen molar-refractivity contribution in [2.75, 3.05) is 32.9 Å². The van der Waals surface area contributed by atoms with Gasteiger partial charge in [0.05, 0.1) is 26.1 Å². The number of hydrogen-bond acceptors (Lipinski definition) is 8. The largest absolute Gasteiger partial charge is 0.493 e. The van der Waals surface area contributed by atoms with Crippen molar-refractivity contribution in [2.45, 2.75) is 0 Å². The van der Waals surface area contributed by atoms with Crippen LogP contribution >= 0.6 is 11.3 Å². The second-order valence-electron chi connectivity index (χ2n) is 5.88. The minimum Gasteiger partial charge on any atom is -0.493 e. The number of ether oxygens (including phenoxy) is 4. The molecule has 1 aromatic heterocycles. The molecule has 0 saturated carbocycles. The van der Waals surface area contributed by atoms with Gasteiger partial charge < -0.3 is 18.9 Å². The average molecular weight is 397 g/mol. The van der Waals surface area contributed by atoms with Crippen LogP contribution in [0.15, 0.2) is 46.9 Å². The van der Waals surface area contributed by atoms with Crippen molar-refractivity contribution in [2.24, 2.45) is 5.10 Å². The number of nitrogens with one attached hydrogen (secondary N) is 1. The van der Waals surface area contributed by atoms with Gasteiger partial charge in [-0.25, -0.2) is 4.98 Å². The average Bonchev–Trinajstić information content (AvgIpc) is 3.22. The Bertz CT molecular complexity index is 1000. The van der Waals surface area contributed by atoms with Crippen LogP contribution in [-0.2, 0) is 0 Å². The zero-order valence-electron chi connectivity index (χ0n) is 15.5. The molecule has 0 unspecified atom stereocenters. The lowest BCUT2D eigenvalue weighted by atomic mass is 10.1. The first-order valence-electron chi connectivity index (χ1n) is 8.63. The van der Waals surface area contributed by atoms with Crippen LogP contribution in [0.2, 0.25) is 0 Å². The summed E-state index contributed by atoms with van der Waals surface area (Å²) < 4.78 is 21.7. The minimum absolute atomic E-state index is 0.561. The lowest BCUT2D eigenvalue weighted by Crippen LogP contribution is -2.15. The molecule has 0 fully saturated rings. The fourth-order valence-corrected chi connectivity index (χ4v) is 3.42. The number of anilines is 1. The Balaban J connectivity index is 1.44. The van der Waals surface area contributed by atoms with Gasteiger partial charge in [0.2, 0.25) is 5.13 Å². The third kappa shape index (κ3) is 3.86. The maximum Gasteiger partial charge on any atom is 0.203 e. The molecule has 0 atom stereocenters. The van der Waals surface area contributed by atoms with E-state index >= 15 is 0 Å². The number of rotatable bonds is 6. The van der Waals surface area contributed by atoms with Gasteiger partial charge >= 0.3 is 0 Å². The van der Waals surface area contributed by atoms with Gasteiger partial charge in [-0.3, -0.25) is 5.43 Å². The summed E-state index contributed by atoms with van der Waals surface area (Å²) in [5, 5.41) is 6.92.